The first-order chi connectivity index (χ1) is 51.1. The van der Waals surface area contributed by atoms with E-state index in [-0.39, 0.29) is 125 Å². The average molecular weight is 1530 g/mol. The topological polar surface area (TPSA) is 395 Å². The molecule has 0 bridgehead atoms. The van der Waals surface area contributed by atoms with Crippen LogP contribution in [0.25, 0.3) is 0 Å². The standard InChI is InChI=1S/C74H120N10O22S/c1-13-15-27-76-67(90)58(79-62(86)20-18-29-84-64(88)25-26-65(84)89)19-16-17-28-75-63(87)49-104-43-42-102-39-38-100-35-34-98-31-30-97-32-33-99-36-37-101-40-41-103-44-45-105-73(96)78-56-23-21-55(22-24-56)47-57(46-53(6)71(93)94)77-68(91)59-50-107-69(80-59)61(106-54(7)85)48-60(51(3)4)83(12)70(92)66(52(5)14-2)81-72(95)74(8,9)82(10)11/h21-26,50-53,57-58,60-61,66H,13-20,27-49H2,1-12H3,(H,75,87)(H,76,90)(H,77,91)(H,78,96)(H,79,86)(H,81,95)(H,93,94)/t52-,53-,57+,58-,60+,61+,66-/m0/s1. The Morgan fingerprint density at radius 3 is 1.71 bits per heavy atom. The van der Waals surface area contributed by atoms with Crippen LogP contribution in [0, 0.1) is 17.8 Å². The Kier molecular flexibility index (Phi) is 46.6. The van der Waals surface area contributed by atoms with Crippen molar-refractivity contribution in [3.8, 4) is 0 Å². The SMILES string of the molecule is CCCCNC(=O)[C@H](CCCCNC(=O)COCCOCCOCCOCCOCCOCCOCCOCCOC(=O)Nc1ccc(C[C@@H](C[C@H](C)C(=O)O)NC(=O)c2csc([C@@H](C[C@H](C(C)C)N(C)C(=O)[C@@H](NC(=O)C(C)(C)N(C)C)[C@@H](C)CC)OC(C)=O)n2)cc1)NC(=O)CCCN1C(=O)C=CC1=O. The molecule has 0 unspecified atom stereocenters. The minimum atomic E-state index is -1.04. The molecule has 33 heteroatoms. The number of carboxylic acids is 1. The van der Waals surface area contributed by atoms with Gasteiger partial charge in [0.1, 0.15) is 36.0 Å². The van der Waals surface area contributed by atoms with E-state index in [2.05, 4.69) is 36.9 Å². The summed E-state index contributed by atoms with van der Waals surface area (Å²) >= 11 is 1.11. The highest BCUT2D eigenvalue weighted by Gasteiger charge is 2.39. The summed E-state index contributed by atoms with van der Waals surface area (Å²) in [6.45, 7) is 21.9. The second kappa shape index (κ2) is 53.3. The number of amides is 9. The highest BCUT2D eigenvalue weighted by Crippen LogP contribution is 2.32. The Labute approximate surface area is 634 Å². The maximum absolute atomic E-state index is 14.3. The van der Waals surface area contributed by atoms with Crippen LogP contribution in [-0.4, -0.2) is 273 Å². The number of aromatic nitrogens is 1. The van der Waals surface area contributed by atoms with Gasteiger partial charge in [-0.2, -0.15) is 0 Å². The van der Waals surface area contributed by atoms with Gasteiger partial charge in [0.05, 0.1) is 111 Å². The quantitative estimate of drug-likeness (QED) is 0.0260. The number of thiazole rings is 1. The van der Waals surface area contributed by atoms with Crippen LogP contribution >= 0.6 is 11.3 Å². The van der Waals surface area contributed by atoms with Crippen molar-refractivity contribution in [2.24, 2.45) is 17.8 Å². The molecule has 3 rings (SSSR count). The lowest BCUT2D eigenvalue weighted by atomic mass is 9.92. The highest BCUT2D eigenvalue weighted by atomic mass is 32.1. The van der Waals surface area contributed by atoms with Gasteiger partial charge < -0.3 is 84.0 Å². The number of rotatable bonds is 60. The third kappa shape index (κ3) is 38.4. The third-order valence-electron chi connectivity index (χ3n) is 17.6. The van der Waals surface area contributed by atoms with Crippen molar-refractivity contribution in [1.29, 1.82) is 0 Å². The van der Waals surface area contributed by atoms with Gasteiger partial charge >= 0.3 is 18.0 Å². The van der Waals surface area contributed by atoms with Crippen LogP contribution in [0.5, 0.6) is 0 Å². The molecular formula is C74H120N10O22S. The molecular weight excluding hydrogens is 1410 g/mol. The number of aliphatic carboxylic acids is 1. The fraction of sp³-hybridized carbons (Fsp3) is 0.703. The van der Waals surface area contributed by atoms with Gasteiger partial charge in [-0.3, -0.25) is 63.1 Å². The molecule has 1 aliphatic rings. The number of nitrogens with zero attached hydrogens (tertiary/aromatic N) is 4. The van der Waals surface area contributed by atoms with E-state index in [9.17, 15) is 57.8 Å². The second-order valence-corrected chi connectivity index (χ2v) is 27.9. The van der Waals surface area contributed by atoms with E-state index in [1.165, 1.54) is 24.5 Å². The Balaban J connectivity index is 1.21. The van der Waals surface area contributed by atoms with Crippen molar-refractivity contribution in [3.63, 3.8) is 0 Å². The Morgan fingerprint density at radius 2 is 1.20 bits per heavy atom. The number of imide groups is 1. The molecule has 9 amide bonds. The molecule has 0 radical (unpaired) electrons. The number of ether oxygens (including phenoxy) is 10. The Morgan fingerprint density at radius 1 is 0.654 bits per heavy atom. The molecule has 1 aromatic heterocycles. The molecule has 7 N–H and O–H groups in total. The average Bonchev–Trinajstić information content (AvgIpc) is 1.77. The normalized spacial score (nSPS) is 14.2. The summed E-state index contributed by atoms with van der Waals surface area (Å²) in [7, 11) is 5.26. The molecule has 0 aliphatic carbocycles. The molecule has 0 fully saturated rings. The lowest BCUT2D eigenvalue weighted by Gasteiger charge is -2.38. The number of hydrogen-bond acceptors (Lipinski definition) is 24. The van der Waals surface area contributed by atoms with E-state index in [0.29, 0.717) is 122 Å². The van der Waals surface area contributed by atoms with Gasteiger partial charge in [-0.1, -0.05) is 66.5 Å². The number of esters is 1. The number of carbonyl (C=O) groups is 11. The molecule has 604 valence electrons. The molecule has 107 heavy (non-hydrogen) atoms. The summed E-state index contributed by atoms with van der Waals surface area (Å²) in [6, 6.07) is 4.09. The summed E-state index contributed by atoms with van der Waals surface area (Å²) in [5.41, 5.74) is 0.323. The summed E-state index contributed by atoms with van der Waals surface area (Å²) < 4.78 is 55.1. The van der Waals surface area contributed by atoms with Gasteiger partial charge in [-0.05, 0) is 102 Å². The van der Waals surface area contributed by atoms with Crippen LogP contribution in [0.4, 0.5) is 10.5 Å². The lowest BCUT2D eigenvalue weighted by molar-refractivity contribution is -0.149. The Bertz CT molecular complexity index is 3030. The zero-order valence-corrected chi connectivity index (χ0v) is 65.6. The fourth-order valence-corrected chi connectivity index (χ4v) is 11.4. The predicted molar refractivity (Wildman–Crippen MR) is 398 cm³/mol. The maximum Gasteiger partial charge on any atom is 0.411 e. The number of unbranched alkanes of at least 4 members (excludes halogenated alkanes) is 2. The van der Waals surface area contributed by atoms with E-state index >= 15 is 0 Å². The van der Waals surface area contributed by atoms with Crippen molar-refractivity contribution in [3.05, 3.63) is 58.1 Å². The monoisotopic (exact) mass is 1530 g/mol. The molecule has 7 atom stereocenters. The molecule has 1 aromatic carbocycles. The second-order valence-electron chi connectivity index (χ2n) is 27.0. The van der Waals surface area contributed by atoms with Crippen LogP contribution in [-0.2, 0) is 96.9 Å². The molecule has 0 spiro atoms. The molecule has 2 heterocycles. The highest BCUT2D eigenvalue weighted by molar-refractivity contribution is 7.09. The number of likely N-dealkylation sites (N-methyl/N-ethyl adjacent to an activating group) is 2. The van der Waals surface area contributed by atoms with Crippen molar-refractivity contribution >= 4 is 82.3 Å². The van der Waals surface area contributed by atoms with Crippen molar-refractivity contribution in [1.82, 2.24) is 46.3 Å². The fourth-order valence-electron chi connectivity index (χ4n) is 10.5. The van der Waals surface area contributed by atoms with Crippen LogP contribution in [0.3, 0.4) is 0 Å². The number of benzene rings is 1. The first-order valence-electron chi connectivity index (χ1n) is 37.0. The van der Waals surface area contributed by atoms with E-state index in [1.807, 2.05) is 34.6 Å². The van der Waals surface area contributed by atoms with Gasteiger partial charge in [-0.25, -0.2) is 9.78 Å². The van der Waals surface area contributed by atoms with Crippen LogP contribution < -0.4 is 31.9 Å². The number of nitrogens with one attached hydrogen (secondary N) is 6. The minimum Gasteiger partial charge on any atom is -0.481 e. The van der Waals surface area contributed by atoms with E-state index in [0.717, 1.165) is 34.6 Å². The first kappa shape index (κ1) is 93.6. The predicted octanol–water partition coefficient (Wildman–Crippen LogP) is 5.02. The number of carbonyl (C=O) groups excluding carboxylic acids is 10. The van der Waals surface area contributed by atoms with Crippen molar-refractivity contribution < 1.29 is 105 Å². The van der Waals surface area contributed by atoms with Gasteiger partial charge in [-0.15, -0.1) is 11.3 Å². The summed E-state index contributed by atoms with van der Waals surface area (Å²) in [5.74, 6) is -5.66. The summed E-state index contributed by atoms with van der Waals surface area (Å²) in [4.78, 5) is 149. The smallest absolute Gasteiger partial charge is 0.411 e. The maximum atomic E-state index is 14.3. The van der Waals surface area contributed by atoms with Crippen LogP contribution in [0.15, 0.2) is 41.8 Å². The van der Waals surface area contributed by atoms with Gasteiger partial charge in [0.2, 0.25) is 29.5 Å². The van der Waals surface area contributed by atoms with Gasteiger partial charge in [0.25, 0.3) is 17.7 Å². The summed E-state index contributed by atoms with van der Waals surface area (Å²) in [6.07, 6.45) is 5.38. The molecule has 0 saturated heterocycles. The van der Waals surface area contributed by atoms with Crippen LogP contribution in [0.1, 0.15) is 154 Å². The molecule has 1 aliphatic heterocycles. The number of carboxylic acid groups (broad SMARTS) is 1. The third-order valence-corrected chi connectivity index (χ3v) is 18.6. The largest absolute Gasteiger partial charge is 0.481 e. The molecule has 32 nitrogen and oxygen atoms in total. The minimum absolute atomic E-state index is 0.0148. The van der Waals surface area contributed by atoms with Crippen molar-refractivity contribution in [2.75, 3.05) is 158 Å². The summed E-state index contributed by atoms with van der Waals surface area (Å²) in [5, 5.41) is 28.7. The zero-order chi connectivity index (χ0) is 79.1. The Hall–Kier alpha value is -7.60. The van der Waals surface area contributed by atoms with E-state index < -0.39 is 77.5 Å². The van der Waals surface area contributed by atoms with Crippen molar-refractivity contribution in [2.45, 2.75) is 169 Å². The first-order valence-corrected chi connectivity index (χ1v) is 37.9. The van der Waals surface area contributed by atoms with Gasteiger partial charge in [0, 0.05) is 81.8 Å². The van der Waals surface area contributed by atoms with Crippen LogP contribution in [0.2, 0.25) is 0 Å². The molecule has 0 saturated carbocycles. The lowest BCUT2D eigenvalue weighted by Crippen LogP contribution is -2.60. The zero-order valence-electron chi connectivity index (χ0n) is 64.8. The molecule has 2 aromatic rings. The number of anilines is 1. The van der Waals surface area contributed by atoms with E-state index in [4.69, 9.17) is 47.4 Å². The van der Waals surface area contributed by atoms with Gasteiger partial charge in [0.15, 0.2) is 6.10 Å². The van der Waals surface area contributed by atoms with E-state index in [1.54, 1.807) is 76.0 Å². The number of hydrogen-bond donors (Lipinski definition) is 7.